The van der Waals surface area contributed by atoms with Crippen molar-refractivity contribution in [2.24, 2.45) is 0 Å². The zero-order chi connectivity index (χ0) is 17.5. The summed E-state index contributed by atoms with van der Waals surface area (Å²) in [5.41, 5.74) is 1.70. The van der Waals surface area contributed by atoms with Crippen molar-refractivity contribution in [3.63, 3.8) is 0 Å². The van der Waals surface area contributed by atoms with Crippen molar-refractivity contribution in [1.29, 1.82) is 0 Å². The normalized spacial score (nSPS) is 9.75. The van der Waals surface area contributed by atoms with Crippen LogP contribution in [0.3, 0.4) is 0 Å². The van der Waals surface area contributed by atoms with Crippen LogP contribution in [0, 0.1) is 0 Å². The molecule has 0 fully saturated rings. The third-order valence-corrected chi connectivity index (χ3v) is 3.27. The highest BCUT2D eigenvalue weighted by molar-refractivity contribution is 7.80. The summed E-state index contributed by atoms with van der Waals surface area (Å²) < 4.78 is 9.39. The molecule has 0 saturated heterocycles. The predicted octanol–water partition coefficient (Wildman–Crippen LogP) is 3.07. The van der Waals surface area contributed by atoms with Gasteiger partial charge >= 0.3 is 11.9 Å². The molecule has 24 heavy (non-hydrogen) atoms. The molecular formula is C17H16N2O4S. The molecule has 2 aromatic rings. The van der Waals surface area contributed by atoms with Gasteiger partial charge in [0.15, 0.2) is 5.11 Å². The Kier molecular flexibility index (Phi) is 5.86. The highest BCUT2D eigenvalue weighted by Gasteiger charge is 2.14. The lowest BCUT2D eigenvalue weighted by Gasteiger charge is -2.12. The molecular weight excluding hydrogens is 328 g/mol. The summed E-state index contributed by atoms with van der Waals surface area (Å²) >= 11 is 5.24. The third kappa shape index (κ3) is 4.53. The van der Waals surface area contributed by atoms with E-state index in [2.05, 4.69) is 10.6 Å². The SMILES string of the molecule is COC(=O)c1cc(NC(=S)Nc2ccccc2)cc(C(=O)OC)c1. The van der Waals surface area contributed by atoms with Crippen molar-refractivity contribution in [3.05, 3.63) is 59.7 Å². The van der Waals surface area contributed by atoms with Crippen LogP contribution in [0.2, 0.25) is 0 Å². The Hall–Kier alpha value is -2.93. The molecule has 0 atom stereocenters. The lowest BCUT2D eigenvalue weighted by atomic mass is 10.1. The van der Waals surface area contributed by atoms with Gasteiger partial charge in [0.05, 0.1) is 25.3 Å². The third-order valence-electron chi connectivity index (χ3n) is 3.06. The topological polar surface area (TPSA) is 76.7 Å². The number of hydrogen-bond acceptors (Lipinski definition) is 5. The van der Waals surface area contributed by atoms with Crippen LogP contribution in [0.5, 0.6) is 0 Å². The maximum atomic E-state index is 11.8. The standard InChI is InChI=1S/C17H16N2O4S/c1-22-15(20)11-8-12(16(21)23-2)10-14(9-11)19-17(24)18-13-6-4-3-5-7-13/h3-10H,1-2H3,(H2,18,19,24). The molecule has 7 heteroatoms. The van der Waals surface area contributed by atoms with Gasteiger partial charge < -0.3 is 20.1 Å². The highest BCUT2D eigenvalue weighted by Crippen LogP contribution is 2.17. The second-order valence-electron chi connectivity index (χ2n) is 4.73. The van der Waals surface area contributed by atoms with Crippen molar-refractivity contribution in [3.8, 4) is 0 Å². The molecule has 0 aliphatic rings. The largest absolute Gasteiger partial charge is 0.465 e. The molecule has 0 bridgehead atoms. The Balaban J connectivity index is 2.23. The number of hydrogen-bond donors (Lipinski definition) is 2. The molecule has 2 aromatic carbocycles. The average Bonchev–Trinajstić information content (AvgIpc) is 2.60. The fourth-order valence-corrected chi connectivity index (χ4v) is 2.22. The lowest BCUT2D eigenvalue weighted by molar-refractivity contribution is 0.0599. The van der Waals surface area contributed by atoms with E-state index in [1.165, 1.54) is 32.4 Å². The van der Waals surface area contributed by atoms with Gasteiger partial charge in [-0.25, -0.2) is 9.59 Å². The summed E-state index contributed by atoms with van der Waals surface area (Å²) in [5.74, 6) is -1.13. The Bertz CT molecular complexity index is 728. The maximum absolute atomic E-state index is 11.8. The van der Waals surface area contributed by atoms with Crippen LogP contribution in [-0.4, -0.2) is 31.3 Å². The number of rotatable bonds is 4. The number of nitrogens with one attached hydrogen (secondary N) is 2. The molecule has 0 spiro atoms. The number of methoxy groups -OCH3 is 2. The molecule has 0 saturated carbocycles. The first-order valence-corrected chi connectivity index (χ1v) is 7.39. The second kappa shape index (κ2) is 8.07. The van der Waals surface area contributed by atoms with Crippen LogP contribution < -0.4 is 10.6 Å². The molecule has 0 aliphatic carbocycles. The summed E-state index contributed by atoms with van der Waals surface area (Å²) in [6, 6.07) is 13.8. The Morgan fingerprint density at radius 3 is 1.83 bits per heavy atom. The van der Waals surface area contributed by atoms with E-state index >= 15 is 0 Å². The molecule has 0 heterocycles. The van der Waals surface area contributed by atoms with E-state index in [-0.39, 0.29) is 11.1 Å². The number of anilines is 2. The minimum atomic E-state index is -0.564. The number of carbonyl (C=O) groups is 2. The first kappa shape index (κ1) is 17.4. The van der Waals surface area contributed by atoms with Crippen LogP contribution in [0.15, 0.2) is 48.5 Å². The predicted molar refractivity (Wildman–Crippen MR) is 95.4 cm³/mol. The van der Waals surface area contributed by atoms with Gasteiger partial charge in [0.2, 0.25) is 0 Å². The quantitative estimate of drug-likeness (QED) is 0.652. The number of benzene rings is 2. The minimum absolute atomic E-state index is 0.213. The van der Waals surface area contributed by atoms with Gasteiger partial charge in [0.25, 0.3) is 0 Å². The van der Waals surface area contributed by atoms with Gasteiger partial charge in [-0.05, 0) is 42.5 Å². The van der Waals surface area contributed by atoms with Gasteiger partial charge in [-0.3, -0.25) is 0 Å². The summed E-state index contributed by atoms with van der Waals surface area (Å²) in [4.78, 5) is 23.5. The van der Waals surface area contributed by atoms with E-state index in [0.29, 0.717) is 10.8 Å². The minimum Gasteiger partial charge on any atom is -0.465 e. The first-order chi connectivity index (χ1) is 11.5. The molecule has 0 amide bonds. The average molecular weight is 344 g/mol. The molecule has 0 radical (unpaired) electrons. The number of para-hydroxylation sites is 1. The monoisotopic (exact) mass is 344 g/mol. The van der Waals surface area contributed by atoms with E-state index in [0.717, 1.165) is 5.69 Å². The molecule has 0 aromatic heterocycles. The van der Waals surface area contributed by atoms with E-state index in [1.807, 2.05) is 30.3 Å². The summed E-state index contributed by atoms with van der Waals surface area (Å²) in [6.45, 7) is 0. The van der Waals surface area contributed by atoms with Gasteiger partial charge in [-0.1, -0.05) is 18.2 Å². The second-order valence-corrected chi connectivity index (χ2v) is 5.14. The molecule has 2 rings (SSSR count). The van der Waals surface area contributed by atoms with Crippen molar-refractivity contribution in [1.82, 2.24) is 0 Å². The summed E-state index contributed by atoms with van der Waals surface area (Å²) in [7, 11) is 2.53. The molecule has 6 nitrogen and oxygen atoms in total. The van der Waals surface area contributed by atoms with Crippen LogP contribution in [0.1, 0.15) is 20.7 Å². The maximum Gasteiger partial charge on any atom is 0.337 e. The van der Waals surface area contributed by atoms with E-state index in [4.69, 9.17) is 21.7 Å². The van der Waals surface area contributed by atoms with Crippen molar-refractivity contribution in [2.75, 3.05) is 24.9 Å². The van der Waals surface area contributed by atoms with Crippen LogP contribution in [0.4, 0.5) is 11.4 Å². The van der Waals surface area contributed by atoms with Gasteiger partial charge in [0.1, 0.15) is 0 Å². The van der Waals surface area contributed by atoms with E-state index < -0.39 is 11.9 Å². The Morgan fingerprint density at radius 1 is 0.833 bits per heavy atom. The van der Waals surface area contributed by atoms with E-state index in [1.54, 1.807) is 0 Å². The molecule has 0 unspecified atom stereocenters. The zero-order valence-corrected chi connectivity index (χ0v) is 14.0. The van der Waals surface area contributed by atoms with Gasteiger partial charge in [0, 0.05) is 11.4 Å². The number of thiocarbonyl (C=S) groups is 1. The number of carbonyl (C=O) groups excluding carboxylic acids is 2. The highest BCUT2D eigenvalue weighted by atomic mass is 32.1. The summed E-state index contributed by atoms with van der Waals surface area (Å²) in [6.07, 6.45) is 0. The van der Waals surface area contributed by atoms with Crippen LogP contribution in [-0.2, 0) is 9.47 Å². The summed E-state index contributed by atoms with van der Waals surface area (Å²) in [5, 5.41) is 6.26. The Morgan fingerprint density at radius 2 is 1.33 bits per heavy atom. The van der Waals surface area contributed by atoms with Gasteiger partial charge in [-0.15, -0.1) is 0 Å². The molecule has 124 valence electrons. The smallest absolute Gasteiger partial charge is 0.337 e. The lowest BCUT2D eigenvalue weighted by Crippen LogP contribution is -2.19. The fourth-order valence-electron chi connectivity index (χ4n) is 1.99. The van der Waals surface area contributed by atoms with Crippen LogP contribution in [0.25, 0.3) is 0 Å². The fraction of sp³-hybridized carbons (Fsp3) is 0.118. The van der Waals surface area contributed by atoms with Crippen molar-refractivity contribution >= 4 is 40.6 Å². The van der Waals surface area contributed by atoms with Gasteiger partial charge in [-0.2, -0.15) is 0 Å². The number of ether oxygens (including phenoxy) is 2. The zero-order valence-electron chi connectivity index (χ0n) is 13.2. The number of esters is 2. The van der Waals surface area contributed by atoms with Crippen molar-refractivity contribution < 1.29 is 19.1 Å². The molecule has 0 aliphatic heterocycles. The molecule has 2 N–H and O–H groups in total. The first-order valence-electron chi connectivity index (χ1n) is 6.98. The van der Waals surface area contributed by atoms with Crippen molar-refractivity contribution in [2.45, 2.75) is 0 Å². The van der Waals surface area contributed by atoms with E-state index in [9.17, 15) is 9.59 Å². The van der Waals surface area contributed by atoms with Crippen LogP contribution >= 0.6 is 12.2 Å². The Labute approximate surface area is 144 Å².